The predicted octanol–water partition coefficient (Wildman–Crippen LogP) is 3.13. The second-order valence-corrected chi connectivity index (χ2v) is 5.74. The molecule has 1 unspecified atom stereocenters. The maximum Gasteiger partial charge on any atom is 0.244 e. The summed E-state index contributed by atoms with van der Waals surface area (Å²) in [6.45, 7) is 0.539. The first-order valence-electron chi connectivity index (χ1n) is 7.91. The maximum absolute atomic E-state index is 12.0. The summed E-state index contributed by atoms with van der Waals surface area (Å²) in [6.07, 6.45) is 3.38. The fourth-order valence-electron chi connectivity index (χ4n) is 2.42. The zero-order chi connectivity index (χ0) is 17.4. The van der Waals surface area contributed by atoms with Crippen molar-refractivity contribution in [3.8, 4) is 5.75 Å². The number of hydrogen-bond donors (Lipinski definition) is 1. The van der Waals surface area contributed by atoms with E-state index in [-0.39, 0.29) is 11.9 Å². The van der Waals surface area contributed by atoms with Gasteiger partial charge in [0.25, 0.3) is 0 Å². The van der Waals surface area contributed by atoms with Gasteiger partial charge in [-0.2, -0.15) is 0 Å². The summed E-state index contributed by atoms with van der Waals surface area (Å²) < 4.78 is 5.19. The van der Waals surface area contributed by atoms with E-state index in [2.05, 4.69) is 10.2 Å². The molecule has 1 N–H and O–H groups in total. The Morgan fingerprint density at radius 1 is 1.12 bits per heavy atom. The highest BCUT2D eigenvalue weighted by atomic mass is 16.5. The minimum atomic E-state index is -0.0979. The molecule has 0 spiro atoms. The topological polar surface area (TPSA) is 41.6 Å². The van der Waals surface area contributed by atoms with E-state index in [4.69, 9.17) is 4.74 Å². The highest BCUT2D eigenvalue weighted by molar-refractivity contribution is 5.91. The molecule has 126 valence electrons. The Kier molecular flexibility index (Phi) is 6.58. The number of methoxy groups -OCH3 is 1. The standard InChI is InChI=1S/C20H24N2O2/c1-22(2)19(17-10-12-18(24-3)13-11-17)15-21-20(23)14-9-16-7-5-4-6-8-16/h4-14,19H,15H2,1-3H3,(H,21,23)/b14-9+. The maximum atomic E-state index is 12.0. The zero-order valence-corrected chi connectivity index (χ0v) is 14.4. The number of likely N-dealkylation sites (N-methyl/N-ethyl adjacent to an activating group) is 1. The van der Waals surface area contributed by atoms with E-state index in [0.717, 1.165) is 16.9 Å². The van der Waals surface area contributed by atoms with Gasteiger partial charge in [-0.05, 0) is 43.4 Å². The Labute approximate surface area is 143 Å². The van der Waals surface area contributed by atoms with Crippen molar-refractivity contribution in [2.24, 2.45) is 0 Å². The van der Waals surface area contributed by atoms with Crippen LogP contribution in [-0.4, -0.2) is 38.6 Å². The molecule has 0 aromatic heterocycles. The van der Waals surface area contributed by atoms with Crippen molar-refractivity contribution in [1.82, 2.24) is 10.2 Å². The first-order valence-corrected chi connectivity index (χ1v) is 7.91. The lowest BCUT2D eigenvalue weighted by molar-refractivity contribution is -0.116. The van der Waals surface area contributed by atoms with Gasteiger partial charge in [0, 0.05) is 12.6 Å². The Morgan fingerprint density at radius 3 is 2.38 bits per heavy atom. The SMILES string of the molecule is COc1ccc(C(CNC(=O)/C=C/c2ccccc2)N(C)C)cc1. The number of nitrogens with one attached hydrogen (secondary N) is 1. The van der Waals surface area contributed by atoms with Crippen LogP contribution < -0.4 is 10.1 Å². The molecule has 0 aliphatic heterocycles. The molecule has 0 aliphatic rings. The summed E-state index contributed by atoms with van der Waals surface area (Å²) in [5, 5.41) is 2.96. The average Bonchev–Trinajstić information content (AvgIpc) is 2.61. The van der Waals surface area contributed by atoms with Crippen LogP contribution in [0.1, 0.15) is 17.2 Å². The van der Waals surface area contributed by atoms with Gasteiger partial charge < -0.3 is 15.0 Å². The van der Waals surface area contributed by atoms with Crippen LogP contribution in [0.2, 0.25) is 0 Å². The monoisotopic (exact) mass is 324 g/mol. The summed E-state index contributed by atoms with van der Waals surface area (Å²) in [5.41, 5.74) is 2.14. The lowest BCUT2D eigenvalue weighted by Crippen LogP contribution is -2.33. The van der Waals surface area contributed by atoms with Crippen LogP contribution in [-0.2, 0) is 4.79 Å². The second-order valence-electron chi connectivity index (χ2n) is 5.74. The Bertz CT molecular complexity index is 664. The molecule has 0 saturated carbocycles. The van der Waals surface area contributed by atoms with Crippen molar-refractivity contribution in [3.05, 3.63) is 71.8 Å². The molecule has 0 heterocycles. The number of amides is 1. The van der Waals surface area contributed by atoms with Crippen LogP contribution in [0.15, 0.2) is 60.7 Å². The molecular weight excluding hydrogens is 300 g/mol. The van der Waals surface area contributed by atoms with E-state index in [0.29, 0.717) is 6.54 Å². The highest BCUT2D eigenvalue weighted by Crippen LogP contribution is 2.20. The predicted molar refractivity (Wildman–Crippen MR) is 97.9 cm³/mol. The quantitative estimate of drug-likeness (QED) is 0.796. The number of ether oxygens (including phenoxy) is 1. The summed E-state index contributed by atoms with van der Waals surface area (Å²) in [4.78, 5) is 14.1. The molecule has 24 heavy (non-hydrogen) atoms. The Hall–Kier alpha value is -2.59. The van der Waals surface area contributed by atoms with Crippen molar-refractivity contribution in [2.45, 2.75) is 6.04 Å². The number of benzene rings is 2. The van der Waals surface area contributed by atoms with Gasteiger partial charge in [0.05, 0.1) is 13.2 Å². The van der Waals surface area contributed by atoms with Crippen LogP contribution in [0.5, 0.6) is 5.75 Å². The molecule has 2 rings (SSSR count). The molecule has 2 aromatic carbocycles. The van der Waals surface area contributed by atoms with Crippen molar-refractivity contribution >= 4 is 12.0 Å². The lowest BCUT2D eigenvalue weighted by atomic mass is 10.1. The molecule has 4 heteroatoms. The third-order valence-electron chi connectivity index (χ3n) is 3.82. The van der Waals surface area contributed by atoms with Crippen LogP contribution in [0.25, 0.3) is 6.08 Å². The van der Waals surface area contributed by atoms with E-state index in [9.17, 15) is 4.79 Å². The van der Waals surface area contributed by atoms with Crippen LogP contribution >= 0.6 is 0 Å². The minimum absolute atomic E-state index is 0.0979. The van der Waals surface area contributed by atoms with E-state index in [1.807, 2.05) is 74.8 Å². The molecular formula is C20H24N2O2. The second kappa shape index (κ2) is 8.89. The van der Waals surface area contributed by atoms with E-state index >= 15 is 0 Å². The van der Waals surface area contributed by atoms with E-state index in [1.54, 1.807) is 13.2 Å². The van der Waals surface area contributed by atoms with Crippen molar-refractivity contribution in [1.29, 1.82) is 0 Å². The Morgan fingerprint density at radius 2 is 1.79 bits per heavy atom. The smallest absolute Gasteiger partial charge is 0.244 e. The molecule has 1 atom stereocenters. The van der Waals surface area contributed by atoms with Gasteiger partial charge in [0.1, 0.15) is 5.75 Å². The van der Waals surface area contributed by atoms with Gasteiger partial charge in [-0.15, -0.1) is 0 Å². The van der Waals surface area contributed by atoms with Gasteiger partial charge >= 0.3 is 0 Å². The van der Waals surface area contributed by atoms with Gasteiger partial charge in [0.2, 0.25) is 5.91 Å². The van der Waals surface area contributed by atoms with Gasteiger partial charge in [-0.3, -0.25) is 4.79 Å². The molecule has 0 saturated heterocycles. The molecule has 0 fully saturated rings. The zero-order valence-electron chi connectivity index (χ0n) is 14.4. The van der Waals surface area contributed by atoms with Crippen molar-refractivity contribution in [2.75, 3.05) is 27.7 Å². The molecule has 0 radical (unpaired) electrons. The van der Waals surface area contributed by atoms with Crippen LogP contribution in [0.4, 0.5) is 0 Å². The lowest BCUT2D eigenvalue weighted by Gasteiger charge is -2.25. The third kappa shape index (κ3) is 5.25. The number of nitrogens with zero attached hydrogens (tertiary/aromatic N) is 1. The van der Waals surface area contributed by atoms with E-state index in [1.165, 1.54) is 0 Å². The number of carbonyl (C=O) groups is 1. The highest BCUT2D eigenvalue weighted by Gasteiger charge is 2.14. The number of carbonyl (C=O) groups excluding carboxylic acids is 1. The summed E-state index contributed by atoms with van der Waals surface area (Å²) in [7, 11) is 5.65. The van der Waals surface area contributed by atoms with Gasteiger partial charge in [0.15, 0.2) is 0 Å². The summed E-state index contributed by atoms with van der Waals surface area (Å²) >= 11 is 0. The third-order valence-corrected chi connectivity index (χ3v) is 3.82. The fraction of sp³-hybridized carbons (Fsp3) is 0.250. The molecule has 0 aliphatic carbocycles. The molecule has 0 bridgehead atoms. The average molecular weight is 324 g/mol. The first kappa shape index (κ1) is 17.8. The van der Waals surface area contributed by atoms with Crippen molar-refractivity contribution < 1.29 is 9.53 Å². The van der Waals surface area contributed by atoms with Crippen molar-refractivity contribution in [3.63, 3.8) is 0 Å². The first-order chi connectivity index (χ1) is 11.6. The molecule has 2 aromatic rings. The fourth-order valence-corrected chi connectivity index (χ4v) is 2.42. The largest absolute Gasteiger partial charge is 0.497 e. The van der Waals surface area contributed by atoms with Crippen LogP contribution in [0, 0.1) is 0 Å². The summed E-state index contributed by atoms with van der Waals surface area (Å²) in [6, 6.07) is 17.8. The normalized spacial score (nSPS) is 12.3. The summed E-state index contributed by atoms with van der Waals surface area (Å²) in [5.74, 6) is 0.727. The van der Waals surface area contributed by atoms with Crippen LogP contribution in [0.3, 0.4) is 0 Å². The molecule has 1 amide bonds. The number of hydrogen-bond acceptors (Lipinski definition) is 3. The molecule has 4 nitrogen and oxygen atoms in total. The minimum Gasteiger partial charge on any atom is -0.497 e. The van der Waals surface area contributed by atoms with E-state index < -0.39 is 0 Å². The van der Waals surface area contributed by atoms with Gasteiger partial charge in [-0.1, -0.05) is 42.5 Å². The van der Waals surface area contributed by atoms with Gasteiger partial charge in [-0.25, -0.2) is 0 Å². The number of rotatable bonds is 7. The Balaban J connectivity index is 1.95.